The van der Waals surface area contributed by atoms with Gasteiger partial charge in [0, 0.05) is 11.1 Å². The number of anilines is 3. The maximum atomic E-state index is 12.8. The van der Waals surface area contributed by atoms with Crippen molar-refractivity contribution in [3.63, 3.8) is 0 Å². The summed E-state index contributed by atoms with van der Waals surface area (Å²) in [6, 6.07) is 6.84. The molecule has 1 aliphatic heterocycles. The largest absolute Gasteiger partial charge is 0.573 e. The Hall–Kier alpha value is -2.94. The van der Waals surface area contributed by atoms with E-state index in [0.29, 0.717) is 10.7 Å². The highest BCUT2D eigenvalue weighted by Crippen LogP contribution is 2.40. The third kappa shape index (κ3) is 4.30. The molecule has 0 aliphatic carbocycles. The number of amides is 1. The normalized spacial score (nSPS) is 14.1. The lowest BCUT2D eigenvalue weighted by Crippen LogP contribution is -2.20. The van der Waals surface area contributed by atoms with Crippen LogP contribution in [-0.2, 0) is 11.2 Å². The molecule has 3 rings (SSSR count). The quantitative estimate of drug-likeness (QED) is 0.668. The summed E-state index contributed by atoms with van der Waals surface area (Å²) in [4.78, 5) is 23.5. The fourth-order valence-corrected chi connectivity index (χ4v) is 2.95. The van der Waals surface area contributed by atoms with Gasteiger partial charge in [0.1, 0.15) is 5.75 Å². The second-order valence-corrected chi connectivity index (χ2v) is 6.70. The van der Waals surface area contributed by atoms with Crippen LogP contribution in [0.5, 0.6) is 5.75 Å². The van der Waals surface area contributed by atoms with Crippen LogP contribution < -0.4 is 15.4 Å². The van der Waals surface area contributed by atoms with Gasteiger partial charge in [-0.15, -0.1) is 13.2 Å². The summed E-state index contributed by atoms with van der Waals surface area (Å²) in [5.74, 6) is -3.23. The zero-order chi connectivity index (χ0) is 20.6. The van der Waals surface area contributed by atoms with Gasteiger partial charge in [-0.25, -0.2) is 0 Å². The highest BCUT2D eigenvalue weighted by Gasteiger charge is 2.33. The minimum Gasteiger partial charge on any atom is -0.481 e. The number of halogens is 4. The molecule has 1 heterocycles. The minimum atomic E-state index is -4.98. The average molecular weight is 415 g/mol. The molecule has 6 nitrogen and oxygen atoms in total. The van der Waals surface area contributed by atoms with E-state index >= 15 is 0 Å². The van der Waals surface area contributed by atoms with E-state index in [1.807, 2.05) is 0 Å². The summed E-state index contributed by atoms with van der Waals surface area (Å²) in [6.07, 6.45) is -5.18. The van der Waals surface area contributed by atoms with E-state index < -0.39 is 29.9 Å². The Morgan fingerprint density at radius 2 is 1.86 bits per heavy atom. The molecule has 0 saturated carbocycles. The van der Waals surface area contributed by atoms with Gasteiger partial charge in [0.15, 0.2) is 0 Å². The molecule has 148 valence electrons. The summed E-state index contributed by atoms with van der Waals surface area (Å²) in [6.45, 7) is 1.37. The second kappa shape index (κ2) is 7.23. The third-order valence-electron chi connectivity index (χ3n) is 4.12. The van der Waals surface area contributed by atoms with Gasteiger partial charge in [0.25, 0.3) is 5.91 Å². The first-order valence-corrected chi connectivity index (χ1v) is 8.44. The molecule has 0 spiro atoms. The number of aliphatic carboxylic acids is 1. The van der Waals surface area contributed by atoms with Gasteiger partial charge in [-0.2, -0.15) is 0 Å². The lowest BCUT2D eigenvalue weighted by Gasteiger charge is -2.18. The summed E-state index contributed by atoms with van der Waals surface area (Å²) >= 11 is 5.96. The molecule has 10 heteroatoms. The van der Waals surface area contributed by atoms with Gasteiger partial charge in [0.2, 0.25) is 0 Å². The Bertz CT molecular complexity index is 963. The molecular weight excluding hydrogens is 401 g/mol. The van der Waals surface area contributed by atoms with Crippen LogP contribution in [0, 0.1) is 5.92 Å². The lowest BCUT2D eigenvalue weighted by atomic mass is 9.99. The van der Waals surface area contributed by atoms with Gasteiger partial charge in [-0.05, 0) is 36.2 Å². The number of fused-ring (bicyclic) bond motifs is 2. The predicted molar refractivity (Wildman–Crippen MR) is 96.3 cm³/mol. The zero-order valence-corrected chi connectivity index (χ0v) is 15.1. The lowest BCUT2D eigenvalue weighted by molar-refractivity contribution is -0.274. The summed E-state index contributed by atoms with van der Waals surface area (Å²) in [5, 5.41) is 14.9. The molecule has 1 amide bonds. The van der Waals surface area contributed by atoms with Gasteiger partial charge < -0.3 is 20.5 Å². The standard InChI is InChI=1S/C18H14ClF3N2O4/c1-8(17(26)27)4-9-5-13-14(7-15(9)28-18(20,21)22)24-16(25)11-3-2-10(19)6-12(11)23-13/h2-3,5-8,23H,4H2,1H3,(H,24,25)(H,26,27). The van der Waals surface area contributed by atoms with E-state index in [1.165, 1.54) is 31.2 Å². The van der Waals surface area contributed by atoms with E-state index in [4.69, 9.17) is 16.7 Å². The number of carbonyl (C=O) groups excluding carboxylic acids is 1. The number of carboxylic acids is 1. The number of benzene rings is 2. The van der Waals surface area contributed by atoms with Crippen LogP contribution in [0.3, 0.4) is 0 Å². The van der Waals surface area contributed by atoms with Crippen molar-refractivity contribution in [3.05, 3.63) is 46.5 Å². The van der Waals surface area contributed by atoms with Crippen molar-refractivity contribution in [1.29, 1.82) is 0 Å². The number of hydrogen-bond donors (Lipinski definition) is 3. The highest BCUT2D eigenvalue weighted by molar-refractivity contribution is 6.31. The maximum Gasteiger partial charge on any atom is 0.573 e. The molecule has 0 bridgehead atoms. The molecule has 1 atom stereocenters. The Labute approximate surface area is 162 Å². The van der Waals surface area contributed by atoms with Crippen molar-refractivity contribution in [3.8, 4) is 5.75 Å². The van der Waals surface area contributed by atoms with Gasteiger partial charge in [-0.1, -0.05) is 18.5 Å². The molecule has 0 aromatic heterocycles. The van der Waals surface area contributed by atoms with Crippen molar-refractivity contribution < 1.29 is 32.6 Å². The Morgan fingerprint density at radius 3 is 2.50 bits per heavy atom. The van der Waals surface area contributed by atoms with E-state index in [1.54, 1.807) is 0 Å². The van der Waals surface area contributed by atoms with Crippen molar-refractivity contribution in [2.24, 2.45) is 5.92 Å². The zero-order valence-electron chi connectivity index (χ0n) is 14.4. The molecule has 2 aromatic rings. The topological polar surface area (TPSA) is 87.7 Å². The molecule has 0 radical (unpaired) electrons. The van der Waals surface area contributed by atoms with Gasteiger partial charge in [-0.3, -0.25) is 9.59 Å². The predicted octanol–water partition coefficient (Wildman–Crippen LogP) is 4.81. The molecule has 1 aliphatic rings. The van der Waals surface area contributed by atoms with Crippen LogP contribution in [0.2, 0.25) is 5.02 Å². The Balaban J connectivity index is 2.09. The first-order chi connectivity index (χ1) is 13.0. The first kappa shape index (κ1) is 19.8. The van der Waals surface area contributed by atoms with Crippen molar-refractivity contribution >= 4 is 40.5 Å². The third-order valence-corrected chi connectivity index (χ3v) is 4.35. The van der Waals surface area contributed by atoms with Crippen LogP contribution in [-0.4, -0.2) is 23.3 Å². The Kier molecular flexibility index (Phi) is 5.12. The number of hydrogen-bond acceptors (Lipinski definition) is 4. The van der Waals surface area contributed by atoms with Crippen LogP contribution in [0.4, 0.5) is 30.2 Å². The molecule has 1 unspecified atom stereocenters. The number of ether oxygens (including phenoxy) is 1. The van der Waals surface area contributed by atoms with E-state index in [0.717, 1.165) is 6.07 Å². The fraction of sp³-hybridized carbons (Fsp3) is 0.222. The number of carboxylic acid groups (broad SMARTS) is 1. The van der Waals surface area contributed by atoms with Crippen LogP contribution >= 0.6 is 11.6 Å². The molecule has 0 fully saturated rings. The number of rotatable bonds is 4. The van der Waals surface area contributed by atoms with Gasteiger partial charge in [0.05, 0.1) is 28.5 Å². The molecule has 0 saturated heterocycles. The number of alkyl halides is 3. The molecule has 3 N–H and O–H groups in total. The van der Waals surface area contributed by atoms with Crippen molar-refractivity contribution in [2.45, 2.75) is 19.7 Å². The first-order valence-electron chi connectivity index (χ1n) is 8.07. The second-order valence-electron chi connectivity index (χ2n) is 6.27. The molecular formula is C18H14ClF3N2O4. The smallest absolute Gasteiger partial charge is 0.481 e. The van der Waals surface area contributed by atoms with Crippen molar-refractivity contribution in [1.82, 2.24) is 0 Å². The molecule has 2 aromatic carbocycles. The van der Waals surface area contributed by atoms with Gasteiger partial charge >= 0.3 is 12.3 Å². The summed E-state index contributed by atoms with van der Waals surface area (Å²) < 4.78 is 42.5. The monoisotopic (exact) mass is 414 g/mol. The maximum absolute atomic E-state index is 12.8. The fourth-order valence-electron chi connectivity index (χ4n) is 2.78. The minimum absolute atomic E-state index is 0.0261. The van der Waals surface area contributed by atoms with Crippen LogP contribution in [0.15, 0.2) is 30.3 Å². The Morgan fingerprint density at radius 1 is 1.18 bits per heavy atom. The average Bonchev–Trinajstić information content (AvgIpc) is 2.69. The summed E-state index contributed by atoms with van der Waals surface area (Å²) in [5.41, 5.74) is 0.989. The van der Waals surface area contributed by atoms with Crippen LogP contribution in [0.25, 0.3) is 0 Å². The van der Waals surface area contributed by atoms with E-state index in [-0.39, 0.29) is 28.9 Å². The van der Waals surface area contributed by atoms with Crippen LogP contribution in [0.1, 0.15) is 22.8 Å². The highest BCUT2D eigenvalue weighted by atomic mass is 35.5. The van der Waals surface area contributed by atoms with E-state index in [9.17, 15) is 22.8 Å². The number of carbonyl (C=O) groups is 2. The summed E-state index contributed by atoms with van der Waals surface area (Å²) in [7, 11) is 0. The number of nitrogens with one attached hydrogen (secondary N) is 2. The van der Waals surface area contributed by atoms with E-state index in [2.05, 4.69) is 15.4 Å². The van der Waals surface area contributed by atoms with Crippen molar-refractivity contribution in [2.75, 3.05) is 10.6 Å². The SMILES string of the molecule is CC(Cc1cc2c(cc1OC(F)(F)F)NC(=O)c1ccc(Cl)cc1N2)C(=O)O. The molecule has 28 heavy (non-hydrogen) atoms.